The van der Waals surface area contributed by atoms with E-state index < -0.39 is 5.95 Å². The van der Waals surface area contributed by atoms with E-state index in [1.165, 1.54) is 24.4 Å². The van der Waals surface area contributed by atoms with Gasteiger partial charge in [0.1, 0.15) is 35.5 Å². The number of rotatable bonds is 7. The fourth-order valence-corrected chi connectivity index (χ4v) is 3.55. The van der Waals surface area contributed by atoms with Crippen LogP contribution in [0.2, 0.25) is 0 Å². The van der Waals surface area contributed by atoms with E-state index in [4.69, 9.17) is 9.57 Å². The second-order valence-electron chi connectivity index (χ2n) is 7.72. The van der Waals surface area contributed by atoms with Crippen molar-refractivity contribution in [3.8, 4) is 23.1 Å². The monoisotopic (exact) mass is 471 g/mol. The maximum Gasteiger partial charge on any atom is 0.253 e. The first-order valence-corrected chi connectivity index (χ1v) is 10.7. The van der Waals surface area contributed by atoms with Gasteiger partial charge in [0.05, 0.1) is 17.8 Å². The predicted octanol–water partition coefficient (Wildman–Crippen LogP) is 2.76. The molecule has 1 atom stereocenters. The summed E-state index contributed by atoms with van der Waals surface area (Å²) in [4.78, 5) is 30.0. The maximum absolute atomic E-state index is 13.2. The highest BCUT2D eigenvalue weighted by Crippen LogP contribution is 2.28. The van der Waals surface area contributed by atoms with Gasteiger partial charge in [-0.15, -0.1) is 0 Å². The number of imidazole rings is 1. The molecule has 10 nitrogen and oxygen atoms in total. The van der Waals surface area contributed by atoms with Crippen molar-refractivity contribution < 1.29 is 18.8 Å². The summed E-state index contributed by atoms with van der Waals surface area (Å²) in [6.07, 6.45) is 6.58. The van der Waals surface area contributed by atoms with Crippen molar-refractivity contribution in [3.63, 3.8) is 0 Å². The van der Waals surface area contributed by atoms with E-state index in [2.05, 4.69) is 25.4 Å². The molecule has 5 rings (SSSR count). The first-order chi connectivity index (χ1) is 17.1. The molecule has 1 N–H and O–H groups in total. The minimum absolute atomic E-state index is 0.160. The van der Waals surface area contributed by atoms with Crippen LogP contribution in [0.1, 0.15) is 22.5 Å². The maximum atomic E-state index is 13.2. The lowest BCUT2D eigenvalue weighted by Crippen LogP contribution is -2.30. The Bertz CT molecular complexity index is 1460. The van der Waals surface area contributed by atoms with Crippen LogP contribution in [0.25, 0.3) is 16.9 Å². The molecule has 11 heteroatoms. The van der Waals surface area contributed by atoms with Gasteiger partial charge in [0.15, 0.2) is 6.10 Å². The zero-order chi connectivity index (χ0) is 24.2. The molecule has 0 spiro atoms. The number of carbonyl (C=O) groups is 1. The van der Waals surface area contributed by atoms with Crippen molar-refractivity contribution in [1.29, 1.82) is 5.26 Å². The molecule has 0 radical (unpaired) electrons. The highest BCUT2D eigenvalue weighted by atomic mass is 19.1. The number of ether oxygens (including phenoxy) is 1. The second-order valence-corrected chi connectivity index (χ2v) is 7.72. The van der Waals surface area contributed by atoms with Gasteiger partial charge in [-0.25, -0.2) is 15.0 Å². The number of pyridine rings is 3. The Balaban J connectivity index is 1.17. The van der Waals surface area contributed by atoms with E-state index in [1.54, 1.807) is 41.2 Å². The second kappa shape index (κ2) is 9.56. The van der Waals surface area contributed by atoms with Crippen LogP contribution in [0.3, 0.4) is 0 Å². The van der Waals surface area contributed by atoms with E-state index >= 15 is 0 Å². The third kappa shape index (κ3) is 4.91. The minimum Gasteiger partial charge on any atom is -0.487 e. The van der Waals surface area contributed by atoms with Crippen molar-refractivity contribution in [3.05, 3.63) is 78.4 Å². The van der Waals surface area contributed by atoms with Gasteiger partial charge in [0.2, 0.25) is 5.95 Å². The molecule has 1 aliphatic rings. The zero-order valence-corrected chi connectivity index (χ0v) is 18.3. The van der Waals surface area contributed by atoms with Gasteiger partial charge >= 0.3 is 0 Å². The number of fused-ring (bicyclic) bond motifs is 1. The van der Waals surface area contributed by atoms with Gasteiger partial charge in [0.25, 0.3) is 5.91 Å². The summed E-state index contributed by atoms with van der Waals surface area (Å²) >= 11 is 0. The Morgan fingerprint density at radius 1 is 1.26 bits per heavy atom. The standard InChI is InChI=1S/C24H18FN7O3/c25-21-5-1-15(11-28-21)23-20(4-3-17(10-26)30-23)34-14-19-9-18(31-35-19)12-29-24(33)16-2-6-22-27-7-8-32(22)13-16/h1-8,11,13,19H,9,12,14H2,(H,29,33). The lowest BCUT2D eigenvalue weighted by molar-refractivity contribution is 0.0471. The van der Waals surface area contributed by atoms with Crippen molar-refractivity contribution in [2.45, 2.75) is 12.5 Å². The topological polar surface area (TPSA) is 127 Å². The van der Waals surface area contributed by atoms with Gasteiger partial charge in [-0.3, -0.25) is 4.79 Å². The summed E-state index contributed by atoms with van der Waals surface area (Å²) in [6.45, 7) is 0.398. The predicted molar refractivity (Wildman–Crippen MR) is 122 cm³/mol. The molecular weight excluding hydrogens is 453 g/mol. The number of oxime groups is 1. The first-order valence-electron chi connectivity index (χ1n) is 10.7. The number of nitrogens with one attached hydrogen (secondary N) is 1. The van der Waals surface area contributed by atoms with Crippen LogP contribution >= 0.6 is 0 Å². The fraction of sp³-hybridized carbons (Fsp3) is 0.167. The van der Waals surface area contributed by atoms with Crippen molar-refractivity contribution >= 4 is 17.3 Å². The highest BCUT2D eigenvalue weighted by Gasteiger charge is 2.23. The van der Waals surface area contributed by atoms with E-state index in [1.807, 2.05) is 6.07 Å². The molecule has 0 saturated carbocycles. The van der Waals surface area contributed by atoms with Gasteiger partial charge in [0, 0.05) is 36.8 Å². The van der Waals surface area contributed by atoms with Gasteiger partial charge < -0.3 is 19.3 Å². The molecule has 4 aromatic rings. The van der Waals surface area contributed by atoms with E-state index in [0.717, 1.165) is 5.65 Å². The van der Waals surface area contributed by atoms with Crippen LogP contribution in [-0.4, -0.2) is 50.2 Å². The molecule has 0 fully saturated rings. The van der Waals surface area contributed by atoms with Crippen LogP contribution < -0.4 is 10.1 Å². The largest absolute Gasteiger partial charge is 0.487 e. The lowest BCUT2D eigenvalue weighted by Gasteiger charge is -2.13. The number of halogens is 1. The first kappa shape index (κ1) is 22.0. The third-order valence-corrected chi connectivity index (χ3v) is 5.30. The van der Waals surface area contributed by atoms with E-state index in [0.29, 0.717) is 34.7 Å². The molecule has 174 valence electrons. The van der Waals surface area contributed by atoms with Crippen LogP contribution in [0.15, 0.2) is 66.3 Å². The number of hydrogen-bond acceptors (Lipinski definition) is 8. The average Bonchev–Trinajstić information content (AvgIpc) is 3.55. The molecule has 1 unspecified atom stereocenters. The van der Waals surface area contributed by atoms with Gasteiger partial charge in [-0.05, 0) is 36.4 Å². The van der Waals surface area contributed by atoms with Crippen molar-refractivity contribution in [2.24, 2.45) is 5.16 Å². The Morgan fingerprint density at radius 3 is 3.00 bits per heavy atom. The molecule has 4 aromatic heterocycles. The molecule has 1 amide bonds. The molecule has 0 bridgehead atoms. The summed E-state index contributed by atoms with van der Waals surface area (Å²) < 4.78 is 20.9. The SMILES string of the molecule is N#Cc1ccc(OCC2CC(CNC(=O)c3ccc4nccn4c3)=NO2)c(-c2ccc(F)nc2)n1. The molecular formula is C24H18FN7O3. The number of nitrogens with zero attached hydrogens (tertiary/aromatic N) is 6. The zero-order valence-electron chi connectivity index (χ0n) is 18.3. The van der Waals surface area contributed by atoms with Crippen LogP contribution in [0, 0.1) is 17.3 Å². The van der Waals surface area contributed by atoms with Crippen LogP contribution in [-0.2, 0) is 4.84 Å². The summed E-state index contributed by atoms with van der Waals surface area (Å²) in [5.41, 5.74) is 3.02. The Kier molecular flexibility index (Phi) is 6.00. The average molecular weight is 471 g/mol. The molecule has 5 heterocycles. The summed E-state index contributed by atoms with van der Waals surface area (Å²) in [5, 5.41) is 16.1. The number of hydrogen-bond donors (Lipinski definition) is 1. The Hall–Kier alpha value is -4.85. The number of nitriles is 1. The molecule has 0 saturated heterocycles. The molecule has 1 aliphatic heterocycles. The quantitative estimate of drug-likeness (QED) is 0.411. The van der Waals surface area contributed by atoms with Crippen molar-refractivity contribution in [1.82, 2.24) is 24.7 Å². The van der Waals surface area contributed by atoms with Gasteiger partial charge in [-0.2, -0.15) is 9.65 Å². The number of amides is 1. The summed E-state index contributed by atoms with van der Waals surface area (Å²) in [5.74, 6) is -0.451. The third-order valence-electron chi connectivity index (χ3n) is 5.30. The number of carbonyl (C=O) groups excluding carboxylic acids is 1. The molecule has 0 aliphatic carbocycles. The lowest BCUT2D eigenvalue weighted by atomic mass is 10.1. The van der Waals surface area contributed by atoms with Crippen LogP contribution in [0.5, 0.6) is 5.75 Å². The highest BCUT2D eigenvalue weighted by molar-refractivity contribution is 5.98. The van der Waals surface area contributed by atoms with Crippen molar-refractivity contribution in [2.75, 3.05) is 13.2 Å². The normalized spacial score (nSPS) is 14.7. The Morgan fingerprint density at radius 2 is 2.17 bits per heavy atom. The molecule has 35 heavy (non-hydrogen) atoms. The van der Waals surface area contributed by atoms with Crippen LogP contribution in [0.4, 0.5) is 4.39 Å². The van der Waals surface area contributed by atoms with E-state index in [-0.39, 0.29) is 30.9 Å². The molecule has 0 aromatic carbocycles. The fourth-order valence-electron chi connectivity index (χ4n) is 3.55. The van der Waals surface area contributed by atoms with E-state index in [9.17, 15) is 14.4 Å². The minimum atomic E-state index is -0.619. The summed E-state index contributed by atoms with van der Waals surface area (Å²) in [6, 6.07) is 11.3. The smallest absolute Gasteiger partial charge is 0.253 e. The summed E-state index contributed by atoms with van der Waals surface area (Å²) in [7, 11) is 0. The van der Waals surface area contributed by atoms with Gasteiger partial charge in [-0.1, -0.05) is 5.16 Å². The number of aromatic nitrogens is 4. The Labute approximate surface area is 198 Å².